The van der Waals surface area contributed by atoms with Crippen LogP contribution in [0.2, 0.25) is 0 Å². The molecule has 3 N–H and O–H groups in total. The second kappa shape index (κ2) is 7.69. The summed E-state index contributed by atoms with van der Waals surface area (Å²) in [7, 11) is 0. The first-order valence-corrected chi connectivity index (χ1v) is 8.17. The maximum Gasteiger partial charge on any atom is 0.272 e. The van der Waals surface area contributed by atoms with Crippen LogP contribution >= 0.6 is 0 Å². The van der Waals surface area contributed by atoms with E-state index in [0.717, 1.165) is 30.8 Å². The minimum Gasteiger partial charge on any atom is -0.351 e. The molecule has 8 heteroatoms. The van der Waals surface area contributed by atoms with Crippen LogP contribution < -0.4 is 10.6 Å². The molecular weight excluding hydrogens is 323 g/mol. The van der Waals surface area contributed by atoms with Crippen molar-refractivity contribution in [3.8, 4) is 0 Å². The molecule has 0 saturated carbocycles. The fourth-order valence-corrected chi connectivity index (χ4v) is 2.47. The van der Waals surface area contributed by atoms with Gasteiger partial charge in [0.2, 0.25) is 0 Å². The van der Waals surface area contributed by atoms with Gasteiger partial charge in [-0.25, -0.2) is 9.37 Å². The second-order valence-corrected chi connectivity index (χ2v) is 5.67. The van der Waals surface area contributed by atoms with Crippen LogP contribution in [0.1, 0.15) is 36.7 Å². The fourth-order valence-electron chi connectivity index (χ4n) is 2.47. The minimum absolute atomic E-state index is 0.248. The van der Waals surface area contributed by atoms with Gasteiger partial charge in [0.1, 0.15) is 11.6 Å². The van der Waals surface area contributed by atoms with Crippen LogP contribution in [0.15, 0.2) is 30.7 Å². The molecule has 0 unspecified atom stereocenters. The van der Waals surface area contributed by atoms with E-state index in [4.69, 9.17) is 0 Å². The van der Waals surface area contributed by atoms with Crippen LogP contribution in [-0.4, -0.2) is 32.6 Å². The van der Waals surface area contributed by atoms with Crippen molar-refractivity contribution >= 4 is 28.3 Å². The number of anilines is 2. The summed E-state index contributed by atoms with van der Waals surface area (Å²) in [5, 5.41) is 13.3. The Bertz CT molecular complexity index is 878. The van der Waals surface area contributed by atoms with Crippen molar-refractivity contribution < 1.29 is 9.18 Å². The van der Waals surface area contributed by atoms with Gasteiger partial charge in [-0.2, -0.15) is 5.10 Å². The van der Waals surface area contributed by atoms with Crippen LogP contribution in [0.5, 0.6) is 0 Å². The number of rotatable bonds is 7. The molecule has 1 amide bonds. The highest BCUT2D eigenvalue weighted by atomic mass is 19.1. The Balaban J connectivity index is 1.84. The maximum atomic E-state index is 13.3. The summed E-state index contributed by atoms with van der Waals surface area (Å²) in [4.78, 5) is 20.6. The van der Waals surface area contributed by atoms with Crippen LogP contribution in [-0.2, 0) is 0 Å². The van der Waals surface area contributed by atoms with Gasteiger partial charge in [0.15, 0.2) is 5.69 Å². The van der Waals surface area contributed by atoms with E-state index in [1.807, 2.05) is 0 Å². The molecule has 0 aliphatic carbocycles. The van der Waals surface area contributed by atoms with E-state index in [0.29, 0.717) is 23.6 Å². The van der Waals surface area contributed by atoms with Gasteiger partial charge in [-0.1, -0.05) is 19.8 Å². The first-order chi connectivity index (χ1) is 12.2. The summed E-state index contributed by atoms with van der Waals surface area (Å²) in [6, 6.07) is 3.04. The Kier molecular flexibility index (Phi) is 5.17. The molecule has 7 nitrogen and oxygen atoms in total. The summed E-state index contributed by atoms with van der Waals surface area (Å²) >= 11 is 0. The standard InChI is InChI=1S/C17H19FN6O/c1-2-3-4-5-20-17(25)16-15-11(8-21-24-15)6-14(23-16)22-13-7-12(18)9-19-10-13/h6-10H,2-5H2,1H3,(H,20,25)(H,21,24)(H,22,23). The quantitative estimate of drug-likeness (QED) is 0.573. The zero-order valence-corrected chi connectivity index (χ0v) is 13.8. The highest BCUT2D eigenvalue weighted by molar-refractivity contribution is 6.04. The van der Waals surface area contributed by atoms with Gasteiger partial charge >= 0.3 is 0 Å². The molecule has 0 spiro atoms. The van der Waals surface area contributed by atoms with E-state index in [-0.39, 0.29) is 11.6 Å². The first-order valence-electron chi connectivity index (χ1n) is 8.17. The summed E-state index contributed by atoms with van der Waals surface area (Å²) in [6.07, 6.45) is 7.27. The van der Waals surface area contributed by atoms with Crippen LogP contribution in [0.4, 0.5) is 15.9 Å². The molecule has 0 saturated heterocycles. The third-order valence-electron chi connectivity index (χ3n) is 3.69. The Morgan fingerprint density at radius 1 is 1.24 bits per heavy atom. The zero-order chi connectivity index (χ0) is 17.6. The molecule has 0 aromatic carbocycles. The van der Waals surface area contributed by atoms with Crippen molar-refractivity contribution in [3.63, 3.8) is 0 Å². The highest BCUT2D eigenvalue weighted by Gasteiger charge is 2.15. The largest absolute Gasteiger partial charge is 0.351 e. The van der Waals surface area contributed by atoms with Gasteiger partial charge in [-0.3, -0.25) is 14.9 Å². The number of aromatic amines is 1. The number of aromatic nitrogens is 4. The Hall–Kier alpha value is -3.03. The lowest BCUT2D eigenvalue weighted by Gasteiger charge is -2.09. The number of nitrogens with one attached hydrogen (secondary N) is 3. The normalized spacial score (nSPS) is 10.8. The molecule has 3 rings (SSSR count). The van der Waals surface area contributed by atoms with Crippen molar-refractivity contribution in [2.45, 2.75) is 26.2 Å². The van der Waals surface area contributed by atoms with Gasteiger partial charge < -0.3 is 10.6 Å². The average Bonchev–Trinajstić information content (AvgIpc) is 3.06. The molecule has 0 aliphatic heterocycles. The van der Waals surface area contributed by atoms with Gasteiger partial charge in [0.05, 0.1) is 29.8 Å². The average molecular weight is 342 g/mol. The van der Waals surface area contributed by atoms with Crippen LogP contribution in [0.25, 0.3) is 10.9 Å². The molecule has 3 heterocycles. The third kappa shape index (κ3) is 4.09. The van der Waals surface area contributed by atoms with E-state index < -0.39 is 5.82 Å². The highest BCUT2D eigenvalue weighted by Crippen LogP contribution is 2.21. The van der Waals surface area contributed by atoms with Crippen molar-refractivity contribution in [1.82, 2.24) is 25.5 Å². The van der Waals surface area contributed by atoms with Gasteiger partial charge in [-0.05, 0) is 12.5 Å². The topological polar surface area (TPSA) is 95.6 Å². The number of carbonyl (C=O) groups excluding carboxylic acids is 1. The number of hydrogen-bond acceptors (Lipinski definition) is 5. The van der Waals surface area contributed by atoms with E-state index in [2.05, 4.69) is 37.7 Å². The SMILES string of the molecule is CCCCCNC(=O)c1nc(Nc2cncc(F)c2)cc2cn[nH]c12. The molecular formula is C17H19FN6O. The number of amides is 1. The summed E-state index contributed by atoms with van der Waals surface area (Å²) < 4.78 is 13.3. The van der Waals surface area contributed by atoms with E-state index in [9.17, 15) is 9.18 Å². The van der Waals surface area contributed by atoms with Crippen molar-refractivity contribution in [2.24, 2.45) is 0 Å². The predicted octanol–water partition coefficient (Wildman–Crippen LogP) is 3.16. The van der Waals surface area contributed by atoms with Crippen molar-refractivity contribution in [2.75, 3.05) is 11.9 Å². The van der Waals surface area contributed by atoms with Gasteiger partial charge in [-0.15, -0.1) is 0 Å². The van der Waals surface area contributed by atoms with Crippen LogP contribution in [0.3, 0.4) is 0 Å². The van der Waals surface area contributed by atoms with E-state index in [1.54, 1.807) is 12.3 Å². The number of nitrogens with zero attached hydrogens (tertiary/aromatic N) is 3. The lowest BCUT2D eigenvalue weighted by Crippen LogP contribution is -2.26. The third-order valence-corrected chi connectivity index (χ3v) is 3.69. The van der Waals surface area contributed by atoms with E-state index in [1.165, 1.54) is 12.3 Å². The number of hydrogen-bond donors (Lipinski definition) is 3. The van der Waals surface area contributed by atoms with E-state index >= 15 is 0 Å². The van der Waals surface area contributed by atoms with Gasteiger partial charge in [0, 0.05) is 18.0 Å². The summed E-state index contributed by atoms with van der Waals surface area (Å²) in [5.41, 5.74) is 1.26. The number of carbonyl (C=O) groups is 1. The molecule has 25 heavy (non-hydrogen) atoms. The molecule has 3 aromatic heterocycles. The minimum atomic E-state index is -0.455. The lowest BCUT2D eigenvalue weighted by atomic mass is 10.2. The number of fused-ring (bicyclic) bond motifs is 1. The number of halogens is 1. The Labute approximate surface area is 144 Å². The maximum absolute atomic E-state index is 13.3. The summed E-state index contributed by atoms with van der Waals surface area (Å²) in [5.74, 6) is -0.311. The monoisotopic (exact) mass is 342 g/mol. The summed E-state index contributed by atoms with van der Waals surface area (Å²) in [6.45, 7) is 2.70. The molecule has 0 atom stereocenters. The molecule has 130 valence electrons. The smallest absolute Gasteiger partial charge is 0.272 e. The molecule has 3 aromatic rings. The molecule has 0 aliphatic rings. The van der Waals surface area contributed by atoms with Crippen LogP contribution in [0, 0.1) is 5.82 Å². The number of unbranched alkanes of at least 4 members (excludes halogenated alkanes) is 2. The zero-order valence-electron chi connectivity index (χ0n) is 13.8. The Morgan fingerprint density at radius 3 is 2.92 bits per heavy atom. The number of pyridine rings is 2. The molecule has 0 fully saturated rings. The van der Waals surface area contributed by atoms with Crippen molar-refractivity contribution in [1.29, 1.82) is 0 Å². The fraction of sp³-hybridized carbons (Fsp3) is 0.294. The number of H-pyrrole nitrogens is 1. The van der Waals surface area contributed by atoms with Crippen molar-refractivity contribution in [3.05, 3.63) is 42.2 Å². The predicted molar refractivity (Wildman–Crippen MR) is 93.2 cm³/mol. The van der Waals surface area contributed by atoms with Gasteiger partial charge in [0.25, 0.3) is 5.91 Å². The molecule has 0 bridgehead atoms. The first kappa shape index (κ1) is 16.8. The Morgan fingerprint density at radius 2 is 2.12 bits per heavy atom. The lowest BCUT2D eigenvalue weighted by molar-refractivity contribution is 0.0949. The second-order valence-electron chi connectivity index (χ2n) is 5.67. The molecule has 0 radical (unpaired) electrons.